The van der Waals surface area contributed by atoms with Crippen LogP contribution in [0.1, 0.15) is 25.8 Å². The van der Waals surface area contributed by atoms with Crippen molar-refractivity contribution in [3.63, 3.8) is 0 Å². The van der Waals surface area contributed by atoms with Crippen molar-refractivity contribution in [1.29, 1.82) is 0 Å². The molecule has 88 valence electrons. The van der Waals surface area contributed by atoms with E-state index in [-0.39, 0.29) is 5.75 Å². The number of phenolic OH excluding ortho intramolecular Hbond substituents is 1. The van der Waals surface area contributed by atoms with Crippen molar-refractivity contribution in [2.24, 2.45) is 5.92 Å². The second-order valence-corrected chi connectivity index (χ2v) is 4.15. The van der Waals surface area contributed by atoms with E-state index in [4.69, 9.17) is 4.74 Å². The number of benzene rings is 1. The SMILES string of the molecule is C=C(Cc1ccc(O)c(OC)c1)C(C)CC. The highest BCUT2D eigenvalue weighted by atomic mass is 16.5. The van der Waals surface area contributed by atoms with Crippen LogP contribution in [0.15, 0.2) is 30.4 Å². The topological polar surface area (TPSA) is 29.5 Å². The third-order valence-corrected chi connectivity index (χ3v) is 2.98. The van der Waals surface area contributed by atoms with Crippen molar-refractivity contribution in [2.45, 2.75) is 26.7 Å². The Hall–Kier alpha value is -1.44. The molecule has 1 rings (SSSR count). The number of phenols is 1. The van der Waals surface area contributed by atoms with Gasteiger partial charge in [0, 0.05) is 0 Å². The molecule has 0 fully saturated rings. The number of aromatic hydroxyl groups is 1. The minimum atomic E-state index is 0.181. The van der Waals surface area contributed by atoms with E-state index in [1.807, 2.05) is 12.1 Å². The van der Waals surface area contributed by atoms with Crippen LogP contribution in [-0.4, -0.2) is 12.2 Å². The third kappa shape index (κ3) is 3.02. The van der Waals surface area contributed by atoms with Crippen molar-refractivity contribution in [2.75, 3.05) is 7.11 Å². The molecular formula is C14H20O2. The first-order chi connectivity index (χ1) is 7.58. The average Bonchev–Trinajstić information content (AvgIpc) is 2.30. The van der Waals surface area contributed by atoms with Gasteiger partial charge in [-0.05, 0) is 36.5 Å². The molecule has 0 spiro atoms. The normalized spacial score (nSPS) is 12.2. The van der Waals surface area contributed by atoms with Crippen molar-refractivity contribution in [3.8, 4) is 11.5 Å². The Morgan fingerprint density at radius 3 is 2.75 bits per heavy atom. The van der Waals surface area contributed by atoms with Gasteiger partial charge in [0.25, 0.3) is 0 Å². The maximum atomic E-state index is 9.48. The molecule has 0 amide bonds. The monoisotopic (exact) mass is 220 g/mol. The fraction of sp³-hybridized carbons (Fsp3) is 0.429. The average molecular weight is 220 g/mol. The van der Waals surface area contributed by atoms with Crippen LogP contribution in [0.2, 0.25) is 0 Å². The minimum absolute atomic E-state index is 0.181. The van der Waals surface area contributed by atoms with Gasteiger partial charge in [-0.15, -0.1) is 0 Å². The molecule has 1 unspecified atom stereocenters. The van der Waals surface area contributed by atoms with Crippen LogP contribution in [0.4, 0.5) is 0 Å². The molecule has 0 heterocycles. The number of ether oxygens (including phenoxy) is 1. The summed E-state index contributed by atoms with van der Waals surface area (Å²) in [5.41, 5.74) is 2.34. The fourth-order valence-corrected chi connectivity index (χ4v) is 1.56. The van der Waals surface area contributed by atoms with E-state index in [0.717, 1.165) is 18.4 Å². The summed E-state index contributed by atoms with van der Waals surface area (Å²) in [6, 6.07) is 5.44. The molecule has 2 heteroatoms. The molecule has 1 N–H and O–H groups in total. The van der Waals surface area contributed by atoms with Crippen LogP contribution in [0.5, 0.6) is 11.5 Å². The van der Waals surface area contributed by atoms with Gasteiger partial charge in [0.15, 0.2) is 11.5 Å². The Balaban J connectivity index is 2.78. The Bertz CT molecular complexity index is 369. The van der Waals surface area contributed by atoms with Crippen molar-refractivity contribution in [1.82, 2.24) is 0 Å². The molecule has 1 aromatic rings. The van der Waals surface area contributed by atoms with Crippen molar-refractivity contribution < 1.29 is 9.84 Å². The van der Waals surface area contributed by atoms with Gasteiger partial charge >= 0.3 is 0 Å². The van der Waals surface area contributed by atoms with Crippen LogP contribution in [-0.2, 0) is 6.42 Å². The highest BCUT2D eigenvalue weighted by Gasteiger charge is 2.07. The highest BCUT2D eigenvalue weighted by Crippen LogP contribution is 2.28. The van der Waals surface area contributed by atoms with Crippen LogP contribution in [0.25, 0.3) is 0 Å². The molecule has 1 atom stereocenters. The van der Waals surface area contributed by atoms with Crippen LogP contribution >= 0.6 is 0 Å². The lowest BCUT2D eigenvalue weighted by molar-refractivity contribution is 0.373. The predicted octanol–water partition coefficient (Wildman–Crippen LogP) is 3.55. The van der Waals surface area contributed by atoms with E-state index in [0.29, 0.717) is 11.7 Å². The first-order valence-electron chi connectivity index (χ1n) is 5.62. The summed E-state index contributed by atoms with van der Waals surface area (Å²) in [7, 11) is 1.56. The zero-order valence-corrected chi connectivity index (χ0v) is 10.3. The lowest BCUT2D eigenvalue weighted by Crippen LogP contribution is -2.00. The van der Waals surface area contributed by atoms with Crippen LogP contribution in [0, 0.1) is 5.92 Å². The van der Waals surface area contributed by atoms with Gasteiger partial charge in [0.2, 0.25) is 0 Å². The number of allylic oxidation sites excluding steroid dienone is 1. The molecule has 2 nitrogen and oxygen atoms in total. The van der Waals surface area contributed by atoms with Gasteiger partial charge in [-0.3, -0.25) is 0 Å². The maximum Gasteiger partial charge on any atom is 0.160 e. The molecule has 0 saturated heterocycles. The Labute approximate surface area is 97.6 Å². The summed E-state index contributed by atoms with van der Waals surface area (Å²) in [4.78, 5) is 0. The fourth-order valence-electron chi connectivity index (χ4n) is 1.56. The lowest BCUT2D eigenvalue weighted by Gasteiger charge is -2.13. The molecule has 0 aromatic heterocycles. The molecule has 0 radical (unpaired) electrons. The summed E-state index contributed by atoms with van der Waals surface area (Å²) >= 11 is 0. The van der Waals surface area contributed by atoms with E-state index in [2.05, 4.69) is 20.4 Å². The van der Waals surface area contributed by atoms with Gasteiger partial charge in [-0.1, -0.05) is 32.1 Å². The summed E-state index contributed by atoms with van der Waals surface area (Å²) < 4.78 is 5.07. The zero-order valence-electron chi connectivity index (χ0n) is 10.3. The standard InChI is InChI=1S/C14H20O2/c1-5-10(2)11(3)8-12-6-7-13(15)14(9-12)16-4/h6-7,9-10,15H,3,5,8H2,1-2,4H3. The highest BCUT2D eigenvalue weighted by molar-refractivity contribution is 5.42. The largest absolute Gasteiger partial charge is 0.504 e. The molecule has 0 saturated carbocycles. The molecule has 0 aliphatic carbocycles. The first-order valence-corrected chi connectivity index (χ1v) is 5.62. The van der Waals surface area contributed by atoms with E-state index >= 15 is 0 Å². The van der Waals surface area contributed by atoms with Gasteiger partial charge in [0.05, 0.1) is 7.11 Å². The number of hydrogen-bond acceptors (Lipinski definition) is 2. The number of rotatable bonds is 5. The van der Waals surface area contributed by atoms with Crippen LogP contribution < -0.4 is 4.74 Å². The molecule has 0 bridgehead atoms. The molecular weight excluding hydrogens is 200 g/mol. The summed E-state index contributed by atoms with van der Waals surface area (Å²) in [5.74, 6) is 1.23. The van der Waals surface area contributed by atoms with Gasteiger partial charge < -0.3 is 9.84 Å². The van der Waals surface area contributed by atoms with E-state index in [1.54, 1.807) is 13.2 Å². The molecule has 0 aliphatic rings. The number of hydrogen-bond donors (Lipinski definition) is 1. The number of methoxy groups -OCH3 is 1. The van der Waals surface area contributed by atoms with Gasteiger partial charge in [-0.25, -0.2) is 0 Å². The van der Waals surface area contributed by atoms with Gasteiger partial charge in [-0.2, -0.15) is 0 Å². The minimum Gasteiger partial charge on any atom is -0.504 e. The van der Waals surface area contributed by atoms with Crippen LogP contribution in [0.3, 0.4) is 0 Å². The predicted molar refractivity (Wildman–Crippen MR) is 67.0 cm³/mol. The molecule has 0 aliphatic heterocycles. The van der Waals surface area contributed by atoms with E-state index in [9.17, 15) is 5.11 Å². The second kappa shape index (κ2) is 5.59. The summed E-state index contributed by atoms with van der Waals surface area (Å²) in [5, 5.41) is 9.48. The summed E-state index contributed by atoms with van der Waals surface area (Å²) in [6.07, 6.45) is 1.94. The zero-order chi connectivity index (χ0) is 12.1. The smallest absolute Gasteiger partial charge is 0.160 e. The summed E-state index contributed by atoms with van der Waals surface area (Å²) in [6.45, 7) is 8.44. The van der Waals surface area contributed by atoms with Crippen molar-refractivity contribution >= 4 is 0 Å². The van der Waals surface area contributed by atoms with E-state index < -0.39 is 0 Å². The Morgan fingerprint density at radius 1 is 1.50 bits per heavy atom. The maximum absolute atomic E-state index is 9.48. The Morgan fingerprint density at radius 2 is 2.19 bits per heavy atom. The molecule has 16 heavy (non-hydrogen) atoms. The lowest BCUT2D eigenvalue weighted by atomic mass is 9.94. The third-order valence-electron chi connectivity index (χ3n) is 2.98. The Kier molecular flexibility index (Phi) is 4.41. The first kappa shape index (κ1) is 12.6. The van der Waals surface area contributed by atoms with E-state index in [1.165, 1.54) is 5.57 Å². The van der Waals surface area contributed by atoms with Gasteiger partial charge in [0.1, 0.15) is 0 Å². The quantitative estimate of drug-likeness (QED) is 0.769. The molecule has 1 aromatic carbocycles. The second-order valence-electron chi connectivity index (χ2n) is 4.15. The van der Waals surface area contributed by atoms with Crippen molar-refractivity contribution in [3.05, 3.63) is 35.9 Å².